The first-order valence-electron chi connectivity index (χ1n) is 6.98. The number of carbonyl (C=O) groups excluding carboxylic acids is 1. The van der Waals surface area contributed by atoms with E-state index in [0.29, 0.717) is 25.5 Å². The molecule has 0 spiro atoms. The minimum Gasteiger partial charge on any atom is -0.480 e. The molecule has 2 atom stereocenters. The van der Waals surface area contributed by atoms with Crippen molar-refractivity contribution in [2.75, 3.05) is 32.6 Å². The number of urea groups is 1. The lowest BCUT2D eigenvalue weighted by molar-refractivity contribution is -0.141. The highest BCUT2D eigenvalue weighted by Gasteiger charge is 2.42. The van der Waals surface area contributed by atoms with Gasteiger partial charge in [-0.3, -0.25) is 4.90 Å². The number of likely N-dealkylation sites (N-methyl/N-ethyl adjacent to an activating group) is 1. The summed E-state index contributed by atoms with van der Waals surface area (Å²) in [6.45, 7) is 5.49. The van der Waals surface area contributed by atoms with Gasteiger partial charge in [-0.25, -0.2) is 9.59 Å². The molecule has 1 rings (SSSR count). The van der Waals surface area contributed by atoms with Crippen LogP contribution in [0.15, 0.2) is 0 Å². The SMILES string of the molecule is CCCC1SCC(C(=O)O)N1C(=O)N(C)CCOCC. The van der Waals surface area contributed by atoms with E-state index in [4.69, 9.17) is 4.74 Å². The number of ether oxygens (including phenoxy) is 1. The van der Waals surface area contributed by atoms with Crippen LogP contribution in [0.5, 0.6) is 0 Å². The fourth-order valence-corrected chi connectivity index (χ4v) is 3.63. The Hall–Kier alpha value is -0.950. The topological polar surface area (TPSA) is 70.1 Å². The van der Waals surface area contributed by atoms with Gasteiger partial charge in [0.1, 0.15) is 6.04 Å². The van der Waals surface area contributed by atoms with Crippen LogP contribution in [0.3, 0.4) is 0 Å². The summed E-state index contributed by atoms with van der Waals surface area (Å²) in [6, 6.07) is -0.945. The first-order chi connectivity index (χ1) is 9.52. The average molecular weight is 304 g/mol. The number of hydrogen-bond donors (Lipinski definition) is 1. The molecule has 20 heavy (non-hydrogen) atoms. The minimum atomic E-state index is -0.928. The second-order valence-electron chi connectivity index (χ2n) is 4.74. The summed E-state index contributed by atoms with van der Waals surface area (Å²) in [4.78, 5) is 26.8. The lowest BCUT2D eigenvalue weighted by Crippen LogP contribution is -2.51. The van der Waals surface area contributed by atoms with Crippen LogP contribution in [0.25, 0.3) is 0 Å². The molecular formula is C13H24N2O4S. The van der Waals surface area contributed by atoms with Gasteiger partial charge in [-0.05, 0) is 13.3 Å². The number of carboxylic acid groups (broad SMARTS) is 1. The minimum absolute atomic E-state index is 0.0388. The predicted octanol–water partition coefficient (Wildman–Crippen LogP) is 1.70. The smallest absolute Gasteiger partial charge is 0.327 e. The molecule has 0 radical (unpaired) electrons. The molecule has 116 valence electrons. The first-order valence-corrected chi connectivity index (χ1v) is 8.03. The molecule has 0 bridgehead atoms. The Morgan fingerprint density at radius 1 is 1.45 bits per heavy atom. The molecule has 0 saturated carbocycles. The molecule has 0 aromatic heterocycles. The summed E-state index contributed by atoms with van der Waals surface area (Å²) in [7, 11) is 1.69. The van der Waals surface area contributed by atoms with Crippen LogP contribution >= 0.6 is 11.8 Å². The zero-order valence-corrected chi connectivity index (χ0v) is 13.2. The van der Waals surface area contributed by atoms with Gasteiger partial charge in [-0.2, -0.15) is 0 Å². The Kier molecular flexibility index (Phi) is 7.15. The van der Waals surface area contributed by atoms with Crippen molar-refractivity contribution in [2.45, 2.75) is 38.1 Å². The van der Waals surface area contributed by atoms with Crippen LogP contribution in [-0.4, -0.2) is 70.9 Å². The van der Waals surface area contributed by atoms with E-state index in [2.05, 4.69) is 0 Å². The lowest BCUT2D eigenvalue weighted by atomic mass is 10.2. The Labute approximate surface area is 124 Å². The van der Waals surface area contributed by atoms with E-state index in [9.17, 15) is 14.7 Å². The van der Waals surface area contributed by atoms with E-state index in [0.717, 1.165) is 12.8 Å². The monoisotopic (exact) mass is 304 g/mol. The quantitative estimate of drug-likeness (QED) is 0.725. The average Bonchev–Trinajstić information content (AvgIpc) is 2.82. The summed E-state index contributed by atoms with van der Waals surface area (Å²) in [5.74, 6) is -0.465. The molecule has 1 saturated heterocycles. The molecule has 1 aliphatic heterocycles. The summed E-state index contributed by atoms with van der Waals surface area (Å²) in [5.41, 5.74) is 0. The molecular weight excluding hydrogens is 280 g/mol. The number of aliphatic carboxylic acids is 1. The maximum atomic E-state index is 12.5. The highest BCUT2D eigenvalue weighted by Crippen LogP contribution is 2.33. The summed E-state index contributed by atoms with van der Waals surface area (Å²) in [5, 5.41) is 9.23. The van der Waals surface area contributed by atoms with Gasteiger partial charge < -0.3 is 14.7 Å². The third-order valence-electron chi connectivity index (χ3n) is 3.24. The molecule has 1 heterocycles. The van der Waals surface area contributed by atoms with Gasteiger partial charge in [0, 0.05) is 26.0 Å². The second-order valence-corrected chi connectivity index (χ2v) is 5.95. The van der Waals surface area contributed by atoms with E-state index >= 15 is 0 Å². The van der Waals surface area contributed by atoms with Crippen molar-refractivity contribution in [1.82, 2.24) is 9.80 Å². The summed E-state index contributed by atoms with van der Waals surface area (Å²) >= 11 is 1.55. The van der Waals surface area contributed by atoms with E-state index in [1.165, 1.54) is 4.90 Å². The lowest BCUT2D eigenvalue weighted by Gasteiger charge is -2.31. The van der Waals surface area contributed by atoms with Crippen LogP contribution in [0.2, 0.25) is 0 Å². The molecule has 2 unspecified atom stereocenters. The normalized spacial score (nSPS) is 22.1. The largest absolute Gasteiger partial charge is 0.480 e. The number of carboxylic acids is 1. The van der Waals surface area contributed by atoms with Crippen LogP contribution < -0.4 is 0 Å². The van der Waals surface area contributed by atoms with Gasteiger partial charge in [-0.15, -0.1) is 11.8 Å². The van der Waals surface area contributed by atoms with E-state index in [1.54, 1.807) is 23.7 Å². The highest BCUT2D eigenvalue weighted by atomic mass is 32.2. The fraction of sp³-hybridized carbons (Fsp3) is 0.846. The van der Waals surface area contributed by atoms with Gasteiger partial charge in [-0.1, -0.05) is 13.3 Å². The second kappa shape index (κ2) is 8.36. The summed E-state index contributed by atoms with van der Waals surface area (Å²) < 4.78 is 5.23. The van der Waals surface area contributed by atoms with Crippen LogP contribution in [0, 0.1) is 0 Å². The number of hydrogen-bond acceptors (Lipinski definition) is 4. The Morgan fingerprint density at radius 3 is 2.70 bits per heavy atom. The van der Waals surface area contributed by atoms with Crippen LogP contribution in [0.4, 0.5) is 4.79 Å². The van der Waals surface area contributed by atoms with Crippen molar-refractivity contribution in [1.29, 1.82) is 0 Å². The number of rotatable bonds is 7. The van der Waals surface area contributed by atoms with Gasteiger partial charge in [0.2, 0.25) is 0 Å². The first kappa shape index (κ1) is 17.1. The van der Waals surface area contributed by atoms with Crippen molar-refractivity contribution >= 4 is 23.8 Å². The van der Waals surface area contributed by atoms with Gasteiger partial charge >= 0.3 is 12.0 Å². The molecule has 1 N–H and O–H groups in total. The van der Waals surface area contributed by atoms with Crippen LogP contribution in [0.1, 0.15) is 26.7 Å². The van der Waals surface area contributed by atoms with Gasteiger partial charge in [0.25, 0.3) is 0 Å². The molecule has 1 aliphatic rings. The maximum absolute atomic E-state index is 12.5. The van der Waals surface area contributed by atoms with Gasteiger partial charge in [0.15, 0.2) is 0 Å². The number of nitrogens with zero attached hydrogens (tertiary/aromatic N) is 2. The van der Waals surface area contributed by atoms with Gasteiger partial charge in [0.05, 0.1) is 12.0 Å². The summed E-state index contributed by atoms with van der Waals surface area (Å²) in [6.07, 6.45) is 1.75. The molecule has 2 amide bonds. The Morgan fingerprint density at radius 2 is 2.15 bits per heavy atom. The third kappa shape index (κ3) is 4.28. The molecule has 0 aliphatic carbocycles. The molecule has 6 nitrogen and oxygen atoms in total. The molecule has 7 heteroatoms. The van der Waals surface area contributed by atoms with Crippen LogP contribution in [-0.2, 0) is 9.53 Å². The molecule has 1 fully saturated rings. The maximum Gasteiger partial charge on any atom is 0.327 e. The van der Waals surface area contributed by atoms with Crippen molar-refractivity contribution in [3.63, 3.8) is 0 Å². The van der Waals surface area contributed by atoms with Crippen molar-refractivity contribution in [3.05, 3.63) is 0 Å². The molecule has 0 aromatic carbocycles. The zero-order chi connectivity index (χ0) is 15.1. The molecule has 0 aromatic rings. The highest BCUT2D eigenvalue weighted by molar-refractivity contribution is 8.00. The van der Waals surface area contributed by atoms with Crippen molar-refractivity contribution < 1.29 is 19.4 Å². The Balaban J connectivity index is 2.70. The third-order valence-corrected chi connectivity index (χ3v) is 4.59. The predicted molar refractivity (Wildman–Crippen MR) is 78.9 cm³/mol. The van der Waals surface area contributed by atoms with E-state index < -0.39 is 12.0 Å². The number of amides is 2. The number of carbonyl (C=O) groups is 2. The van der Waals surface area contributed by atoms with E-state index in [1.807, 2.05) is 13.8 Å². The standard InChI is InChI=1S/C13H24N2O4S/c1-4-6-11-15(10(9-20-11)12(16)17)13(18)14(3)7-8-19-5-2/h10-11H,4-9H2,1-3H3,(H,16,17). The van der Waals surface area contributed by atoms with Crippen molar-refractivity contribution in [3.8, 4) is 0 Å². The number of thioether (sulfide) groups is 1. The van der Waals surface area contributed by atoms with E-state index in [-0.39, 0.29) is 11.4 Å². The van der Waals surface area contributed by atoms with Crippen molar-refractivity contribution in [2.24, 2.45) is 0 Å². The zero-order valence-electron chi connectivity index (χ0n) is 12.4. The Bertz CT molecular complexity index is 340. The fourth-order valence-electron chi connectivity index (χ4n) is 2.12.